The van der Waals surface area contributed by atoms with Gasteiger partial charge in [-0.1, -0.05) is 19.3 Å². The summed E-state index contributed by atoms with van der Waals surface area (Å²) in [7, 11) is 0. The fourth-order valence-electron chi connectivity index (χ4n) is 3.47. The van der Waals surface area contributed by atoms with Gasteiger partial charge in [0.1, 0.15) is 0 Å². The Hall–Kier alpha value is -1.65. The Morgan fingerprint density at radius 2 is 1.77 bits per heavy atom. The van der Waals surface area contributed by atoms with Crippen LogP contribution in [0.3, 0.4) is 0 Å². The first-order valence-electron chi connectivity index (χ1n) is 8.64. The SMILES string of the molecule is Cc1cc(N2CCCCC2)nnc1C(=O)NC1CCCCC1. The van der Waals surface area contributed by atoms with E-state index in [0.717, 1.165) is 37.3 Å². The number of nitrogens with zero attached hydrogens (tertiary/aromatic N) is 3. The van der Waals surface area contributed by atoms with Crippen molar-refractivity contribution in [3.63, 3.8) is 0 Å². The highest BCUT2D eigenvalue weighted by atomic mass is 16.2. The molecule has 2 heterocycles. The molecule has 0 unspecified atom stereocenters. The van der Waals surface area contributed by atoms with Crippen molar-refractivity contribution in [2.24, 2.45) is 0 Å². The standard InChI is InChI=1S/C17H26N4O/c1-13-12-15(21-10-6-3-7-11-21)19-20-16(13)17(22)18-14-8-4-2-5-9-14/h12,14H,2-11H2,1H3,(H,18,22). The first kappa shape index (κ1) is 15.3. The van der Waals surface area contributed by atoms with Crippen LogP contribution in [0.25, 0.3) is 0 Å². The molecule has 5 heteroatoms. The second-order valence-corrected chi connectivity index (χ2v) is 6.59. The van der Waals surface area contributed by atoms with E-state index in [4.69, 9.17) is 0 Å². The van der Waals surface area contributed by atoms with Gasteiger partial charge in [0.05, 0.1) is 0 Å². The molecule has 5 nitrogen and oxygen atoms in total. The summed E-state index contributed by atoms with van der Waals surface area (Å²) in [6.45, 7) is 4.04. The van der Waals surface area contributed by atoms with E-state index in [0.29, 0.717) is 11.7 Å². The van der Waals surface area contributed by atoms with Crippen LogP contribution in [-0.2, 0) is 0 Å². The van der Waals surface area contributed by atoms with Crippen molar-refractivity contribution in [1.82, 2.24) is 15.5 Å². The summed E-state index contributed by atoms with van der Waals surface area (Å²) in [6, 6.07) is 2.32. The average Bonchev–Trinajstić information content (AvgIpc) is 2.56. The van der Waals surface area contributed by atoms with E-state index in [1.54, 1.807) is 0 Å². The Balaban J connectivity index is 1.66. The van der Waals surface area contributed by atoms with Crippen LogP contribution in [0.5, 0.6) is 0 Å². The van der Waals surface area contributed by atoms with E-state index in [-0.39, 0.29) is 5.91 Å². The fourth-order valence-corrected chi connectivity index (χ4v) is 3.47. The van der Waals surface area contributed by atoms with Crippen molar-refractivity contribution in [1.29, 1.82) is 0 Å². The molecule has 1 saturated carbocycles. The van der Waals surface area contributed by atoms with Crippen molar-refractivity contribution >= 4 is 11.7 Å². The zero-order valence-electron chi connectivity index (χ0n) is 13.5. The van der Waals surface area contributed by atoms with Crippen molar-refractivity contribution in [2.75, 3.05) is 18.0 Å². The zero-order chi connectivity index (χ0) is 15.4. The number of aromatic nitrogens is 2. The summed E-state index contributed by atoms with van der Waals surface area (Å²) in [5.74, 6) is 0.841. The number of rotatable bonds is 3. The quantitative estimate of drug-likeness (QED) is 0.933. The van der Waals surface area contributed by atoms with Gasteiger partial charge in [-0.25, -0.2) is 0 Å². The number of carbonyl (C=O) groups is 1. The first-order chi connectivity index (χ1) is 10.7. The molecule has 2 fully saturated rings. The lowest BCUT2D eigenvalue weighted by atomic mass is 9.95. The van der Waals surface area contributed by atoms with Gasteiger partial charge in [0.2, 0.25) is 0 Å². The molecule has 1 aromatic heterocycles. The molecule has 0 radical (unpaired) electrons. The third-order valence-electron chi connectivity index (χ3n) is 4.81. The lowest BCUT2D eigenvalue weighted by Gasteiger charge is -2.27. The fraction of sp³-hybridized carbons (Fsp3) is 0.706. The van der Waals surface area contributed by atoms with Gasteiger partial charge >= 0.3 is 0 Å². The Bertz CT molecular complexity index is 519. The number of carbonyl (C=O) groups excluding carboxylic acids is 1. The lowest BCUT2D eigenvalue weighted by molar-refractivity contribution is 0.0921. The van der Waals surface area contributed by atoms with Crippen LogP contribution in [0.4, 0.5) is 5.82 Å². The van der Waals surface area contributed by atoms with E-state index in [1.165, 1.54) is 38.5 Å². The number of hydrogen-bond acceptors (Lipinski definition) is 4. The Morgan fingerprint density at radius 1 is 1.09 bits per heavy atom. The van der Waals surface area contributed by atoms with Crippen LogP contribution >= 0.6 is 0 Å². The Kier molecular flexibility index (Phi) is 4.90. The number of hydrogen-bond donors (Lipinski definition) is 1. The smallest absolute Gasteiger partial charge is 0.272 e. The van der Waals surface area contributed by atoms with Crippen molar-refractivity contribution in [3.8, 4) is 0 Å². The van der Waals surface area contributed by atoms with E-state index in [9.17, 15) is 4.79 Å². The largest absolute Gasteiger partial charge is 0.355 e. The van der Waals surface area contributed by atoms with Gasteiger partial charge in [-0.3, -0.25) is 4.79 Å². The van der Waals surface area contributed by atoms with Crippen LogP contribution in [-0.4, -0.2) is 35.2 Å². The monoisotopic (exact) mass is 302 g/mol. The Morgan fingerprint density at radius 3 is 2.45 bits per heavy atom. The van der Waals surface area contributed by atoms with Crippen LogP contribution < -0.4 is 10.2 Å². The topological polar surface area (TPSA) is 58.1 Å². The molecule has 0 atom stereocenters. The highest BCUT2D eigenvalue weighted by Crippen LogP contribution is 2.20. The summed E-state index contributed by atoms with van der Waals surface area (Å²) in [6.07, 6.45) is 9.61. The van der Waals surface area contributed by atoms with Crippen LogP contribution in [0.1, 0.15) is 67.4 Å². The number of amides is 1. The molecule has 1 aliphatic carbocycles. The summed E-state index contributed by atoms with van der Waals surface area (Å²) < 4.78 is 0. The van der Waals surface area contributed by atoms with E-state index < -0.39 is 0 Å². The van der Waals surface area contributed by atoms with Crippen molar-refractivity contribution in [3.05, 3.63) is 17.3 Å². The average molecular weight is 302 g/mol. The molecule has 0 spiro atoms. The zero-order valence-corrected chi connectivity index (χ0v) is 13.5. The van der Waals surface area contributed by atoms with Gasteiger partial charge in [0, 0.05) is 19.1 Å². The third-order valence-corrected chi connectivity index (χ3v) is 4.81. The summed E-state index contributed by atoms with van der Waals surface area (Å²) in [4.78, 5) is 14.7. The van der Waals surface area contributed by atoms with Gasteiger partial charge in [0.25, 0.3) is 5.91 Å². The minimum atomic E-state index is -0.0675. The van der Waals surface area contributed by atoms with E-state index in [1.807, 2.05) is 13.0 Å². The maximum absolute atomic E-state index is 12.4. The Labute approximate surface area is 132 Å². The normalized spacial score (nSPS) is 20.0. The molecule has 3 rings (SSSR count). The molecule has 1 saturated heterocycles. The highest BCUT2D eigenvalue weighted by molar-refractivity contribution is 5.93. The van der Waals surface area contributed by atoms with E-state index in [2.05, 4.69) is 20.4 Å². The summed E-state index contributed by atoms with van der Waals surface area (Å²) in [5.41, 5.74) is 1.40. The number of anilines is 1. The van der Waals surface area contributed by atoms with Gasteiger partial charge in [-0.15, -0.1) is 10.2 Å². The molecular formula is C17H26N4O. The molecule has 1 aromatic rings. The molecule has 1 amide bonds. The summed E-state index contributed by atoms with van der Waals surface area (Å²) in [5, 5.41) is 11.6. The summed E-state index contributed by atoms with van der Waals surface area (Å²) >= 11 is 0. The predicted molar refractivity (Wildman–Crippen MR) is 87.2 cm³/mol. The molecule has 22 heavy (non-hydrogen) atoms. The van der Waals surface area contributed by atoms with Crippen LogP contribution in [0, 0.1) is 6.92 Å². The van der Waals surface area contributed by atoms with Crippen molar-refractivity contribution < 1.29 is 4.79 Å². The molecule has 0 aromatic carbocycles. The molecule has 0 bridgehead atoms. The van der Waals surface area contributed by atoms with E-state index >= 15 is 0 Å². The third kappa shape index (κ3) is 3.57. The predicted octanol–water partition coefficient (Wildman–Crippen LogP) is 2.84. The molecule has 1 aliphatic heterocycles. The van der Waals surface area contributed by atoms with Crippen LogP contribution in [0.2, 0.25) is 0 Å². The highest BCUT2D eigenvalue weighted by Gasteiger charge is 2.20. The number of piperidine rings is 1. The molecule has 120 valence electrons. The lowest BCUT2D eigenvalue weighted by Crippen LogP contribution is -2.37. The number of nitrogens with one attached hydrogen (secondary N) is 1. The minimum Gasteiger partial charge on any atom is -0.355 e. The molecular weight excluding hydrogens is 276 g/mol. The first-order valence-corrected chi connectivity index (χ1v) is 8.64. The van der Waals surface area contributed by atoms with Gasteiger partial charge in [-0.2, -0.15) is 0 Å². The second kappa shape index (κ2) is 7.07. The van der Waals surface area contributed by atoms with Crippen molar-refractivity contribution in [2.45, 2.75) is 64.3 Å². The maximum Gasteiger partial charge on any atom is 0.272 e. The van der Waals surface area contributed by atoms with Crippen LogP contribution in [0.15, 0.2) is 6.07 Å². The molecule has 1 N–H and O–H groups in total. The van der Waals surface area contributed by atoms with Gasteiger partial charge in [0.15, 0.2) is 11.5 Å². The molecule has 2 aliphatic rings. The number of aryl methyl sites for hydroxylation is 1. The van der Waals surface area contributed by atoms with Gasteiger partial charge < -0.3 is 10.2 Å². The second-order valence-electron chi connectivity index (χ2n) is 6.59. The minimum absolute atomic E-state index is 0.0675. The van der Waals surface area contributed by atoms with Gasteiger partial charge in [-0.05, 0) is 50.7 Å². The maximum atomic E-state index is 12.4.